The first kappa shape index (κ1) is 9.93. The van der Waals surface area contributed by atoms with Crippen molar-refractivity contribution in [3.63, 3.8) is 0 Å². The van der Waals surface area contributed by atoms with E-state index in [1.54, 1.807) is 6.08 Å². The van der Waals surface area contributed by atoms with Gasteiger partial charge in [0, 0.05) is 19.5 Å². The van der Waals surface area contributed by atoms with E-state index in [0.29, 0.717) is 18.7 Å². The maximum atomic E-state index is 11.0. The second-order valence-corrected chi connectivity index (χ2v) is 3.18. The van der Waals surface area contributed by atoms with E-state index in [1.165, 1.54) is 0 Å². The molecule has 0 bridgehead atoms. The Kier molecular flexibility index (Phi) is 3.65. The van der Waals surface area contributed by atoms with Crippen LogP contribution in [-0.2, 0) is 4.79 Å². The minimum atomic E-state index is 0.335. The SMILES string of the molecule is C=C/C=C(\C=C)CN1CCC(=O)C1. The van der Waals surface area contributed by atoms with Crippen LogP contribution in [0.3, 0.4) is 0 Å². The number of likely N-dealkylation sites (tertiary alicyclic amines) is 1. The van der Waals surface area contributed by atoms with Gasteiger partial charge in [-0.3, -0.25) is 9.69 Å². The summed E-state index contributed by atoms with van der Waals surface area (Å²) in [5, 5.41) is 0. The Bertz CT molecular complexity index is 253. The fourth-order valence-corrected chi connectivity index (χ4v) is 1.42. The zero-order valence-electron chi connectivity index (χ0n) is 7.83. The van der Waals surface area contributed by atoms with Crippen molar-refractivity contribution in [3.05, 3.63) is 37.0 Å². The van der Waals surface area contributed by atoms with E-state index in [2.05, 4.69) is 18.1 Å². The largest absolute Gasteiger partial charge is 0.298 e. The number of carbonyl (C=O) groups excluding carboxylic acids is 1. The van der Waals surface area contributed by atoms with Crippen LogP contribution in [0.15, 0.2) is 37.0 Å². The van der Waals surface area contributed by atoms with Gasteiger partial charge in [-0.1, -0.05) is 31.4 Å². The standard InChI is InChI=1S/C11H15NO/c1-3-5-10(4-2)8-12-7-6-11(13)9-12/h3-5H,1-2,6-9H2/b10-5+. The highest BCUT2D eigenvalue weighted by Gasteiger charge is 2.18. The molecule has 2 heteroatoms. The molecule has 1 saturated heterocycles. The van der Waals surface area contributed by atoms with Crippen LogP contribution in [0.25, 0.3) is 0 Å². The minimum Gasteiger partial charge on any atom is -0.298 e. The third kappa shape index (κ3) is 2.99. The number of hydrogen-bond donors (Lipinski definition) is 0. The van der Waals surface area contributed by atoms with Gasteiger partial charge in [0.05, 0.1) is 6.54 Å². The van der Waals surface area contributed by atoms with E-state index in [9.17, 15) is 4.79 Å². The zero-order valence-corrected chi connectivity index (χ0v) is 7.83. The normalized spacial score (nSPS) is 19.1. The first-order valence-electron chi connectivity index (χ1n) is 4.44. The Labute approximate surface area is 79.2 Å². The molecule has 0 aromatic rings. The molecule has 1 aliphatic rings. The van der Waals surface area contributed by atoms with Crippen molar-refractivity contribution in [1.82, 2.24) is 4.90 Å². The molecule has 0 spiro atoms. The van der Waals surface area contributed by atoms with Gasteiger partial charge in [0.2, 0.25) is 0 Å². The van der Waals surface area contributed by atoms with Crippen LogP contribution in [0.5, 0.6) is 0 Å². The molecule has 1 heterocycles. The number of ketones is 1. The molecular weight excluding hydrogens is 162 g/mol. The summed E-state index contributed by atoms with van der Waals surface area (Å²) in [4.78, 5) is 13.1. The van der Waals surface area contributed by atoms with E-state index in [-0.39, 0.29) is 0 Å². The van der Waals surface area contributed by atoms with Crippen molar-refractivity contribution in [1.29, 1.82) is 0 Å². The van der Waals surface area contributed by atoms with Crippen molar-refractivity contribution >= 4 is 5.78 Å². The van der Waals surface area contributed by atoms with Gasteiger partial charge in [0.25, 0.3) is 0 Å². The summed E-state index contributed by atoms with van der Waals surface area (Å²) in [5.41, 5.74) is 1.12. The minimum absolute atomic E-state index is 0.335. The number of hydrogen-bond acceptors (Lipinski definition) is 2. The Morgan fingerprint density at radius 3 is 2.77 bits per heavy atom. The lowest BCUT2D eigenvalue weighted by Gasteiger charge is -2.13. The predicted octanol–water partition coefficient (Wildman–Crippen LogP) is 1.56. The van der Waals surface area contributed by atoms with Gasteiger partial charge in [-0.2, -0.15) is 0 Å². The van der Waals surface area contributed by atoms with Gasteiger partial charge in [-0.15, -0.1) is 0 Å². The maximum Gasteiger partial charge on any atom is 0.148 e. The predicted molar refractivity (Wildman–Crippen MR) is 54.5 cm³/mol. The number of nitrogens with zero attached hydrogens (tertiary/aromatic N) is 1. The highest BCUT2D eigenvalue weighted by Crippen LogP contribution is 2.08. The van der Waals surface area contributed by atoms with Crippen molar-refractivity contribution in [3.8, 4) is 0 Å². The van der Waals surface area contributed by atoms with E-state index in [0.717, 1.165) is 18.7 Å². The van der Waals surface area contributed by atoms with Crippen molar-refractivity contribution in [2.75, 3.05) is 19.6 Å². The smallest absolute Gasteiger partial charge is 0.148 e. The average molecular weight is 177 g/mol. The number of Topliss-reactive ketones (excluding diaryl/α,β-unsaturated/α-hetero) is 1. The molecule has 1 aliphatic heterocycles. The molecular formula is C11H15NO. The summed E-state index contributed by atoms with van der Waals surface area (Å²) in [6.07, 6.45) is 6.17. The number of rotatable bonds is 4. The second-order valence-electron chi connectivity index (χ2n) is 3.18. The fourth-order valence-electron chi connectivity index (χ4n) is 1.42. The van der Waals surface area contributed by atoms with Crippen LogP contribution in [0, 0.1) is 0 Å². The van der Waals surface area contributed by atoms with Crippen LogP contribution in [0.1, 0.15) is 6.42 Å². The highest BCUT2D eigenvalue weighted by atomic mass is 16.1. The second kappa shape index (κ2) is 4.77. The Morgan fingerprint density at radius 1 is 1.54 bits per heavy atom. The lowest BCUT2D eigenvalue weighted by molar-refractivity contribution is -0.116. The fraction of sp³-hybridized carbons (Fsp3) is 0.364. The molecule has 70 valence electrons. The lowest BCUT2D eigenvalue weighted by atomic mass is 10.2. The topological polar surface area (TPSA) is 20.3 Å². The van der Waals surface area contributed by atoms with Crippen molar-refractivity contribution < 1.29 is 4.79 Å². The average Bonchev–Trinajstić information content (AvgIpc) is 2.50. The van der Waals surface area contributed by atoms with Crippen molar-refractivity contribution in [2.45, 2.75) is 6.42 Å². The van der Waals surface area contributed by atoms with Gasteiger partial charge in [0.15, 0.2) is 0 Å². The molecule has 2 nitrogen and oxygen atoms in total. The molecule has 0 atom stereocenters. The molecule has 0 aromatic carbocycles. The number of allylic oxidation sites excluding steroid dienone is 2. The van der Waals surface area contributed by atoms with Crippen LogP contribution in [0.4, 0.5) is 0 Å². The summed E-state index contributed by atoms with van der Waals surface area (Å²) in [6, 6.07) is 0. The monoisotopic (exact) mass is 177 g/mol. The van der Waals surface area contributed by atoms with Crippen LogP contribution in [-0.4, -0.2) is 30.3 Å². The van der Waals surface area contributed by atoms with Gasteiger partial charge in [-0.25, -0.2) is 0 Å². The van der Waals surface area contributed by atoms with Gasteiger partial charge >= 0.3 is 0 Å². The summed E-state index contributed by atoms with van der Waals surface area (Å²) in [6.45, 7) is 9.61. The van der Waals surface area contributed by atoms with Crippen LogP contribution >= 0.6 is 0 Å². The highest BCUT2D eigenvalue weighted by molar-refractivity contribution is 5.82. The molecule has 0 aromatic heterocycles. The molecule has 0 radical (unpaired) electrons. The third-order valence-electron chi connectivity index (χ3n) is 2.11. The zero-order chi connectivity index (χ0) is 9.68. The first-order valence-corrected chi connectivity index (χ1v) is 4.44. The molecule has 0 saturated carbocycles. The Hall–Kier alpha value is -1.15. The van der Waals surface area contributed by atoms with Crippen molar-refractivity contribution in [2.24, 2.45) is 0 Å². The molecule has 1 rings (SSSR count). The van der Waals surface area contributed by atoms with E-state index < -0.39 is 0 Å². The Morgan fingerprint density at radius 2 is 2.31 bits per heavy atom. The molecule has 13 heavy (non-hydrogen) atoms. The summed E-state index contributed by atoms with van der Waals surface area (Å²) >= 11 is 0. The van der Waals surface area contributed by atoms with E-state index in [4.69, 9.17) is 0 Å². The summed E-state index contributed by atoms with van der Waals surface area (Å²) < 4.78 is 0. The third-order valence-corrected chi connectivity index (χ3v) is 2.11. The van der Waals surface area contributed by atoms with Gasteiger partial charge in [-0.05, 0) is 5.57 Å². The summed E-state index contributed by atoms with van der Waals surface area (Å²) in [5.74, 6) is 0.335. The van der Waals surface area contributed by atoms with E-state index >= 15 is 0 Å². The summed E-state index contributed by atoms with van der Waals surface area (Å²) in [7, 11) is 0. The quantitative estimate of drug-likeness (QED) is 0.607. The molecule has 1 fully saturated rings. The molecule has 0 amide bonds. The van der Waals surface area contributed by atoms with Gasteiger partial charge in [0.1, 0.15) is 5.78 Å². The molecule has 0 aliphatic carbocycles. The molecule has 0 unspecified atom stereocenters. The van der Waals surface area contributed by atoms with Crippen LogP contribution in [0.2, 0.25) is 0 Å². The Balaban J connectivity index is 2.47. The number of carbonyl (C=O) groups is 1. The lowest BCUT2D eigenvalue weighted by Crippen LogP contribution is -2.22. The van der Waals surface area contributed by atoms with E-state index in [1.807, 2.05) is 12.2 Å². The molecule has 0 N–H and O–H groups in total. The van der Waals surface area contributed by atoms with Crippen LogP contribution < -0.4 is 0 Å². The first-order chi connectivity index (χ1) is 6.26. The maximum absolute atomic E-state index is 11.0. The van der Waals surface area contributed by atoms with Gasteiger partial charge < -0.3 is 0 Å².